The lowest BCUT2D eigenvalue weighted by atomic mass is 9.81. The van der Waals surface area contributed by atoms with Crippen LogP contribution in [0.15, 0.2) is 23.1 Å². The zero-order valence-corrected chi connectivity index (χ0v) is 13.4. The molecule has 0 radical (unpaired) electrons. The number of rotatable bonds is 5. The Labute approximate surface area is 125 Å². The SMILES string of the molecule is Cc1cc(C(N)=S)ccc1S(=O)(=O)NC(C)C1CCC1. The second-order valence-electron chi connectivity index (χ2n) is 5.45. The van der Waals surface area contributed by atoms with Crippen molar-refractivity contribution in [3.05, 3.63) is 29.3 Å². The summed E-state index contributed by atoms with van der Waals surface area (Å²) in [5.74, 6) is 0.459. The van der Waals surface area contributed by atoms with Crippen molar-refractivity contribution in [3.8, 4) is 0 Å². The molecule has 0 aliphatic heterocycles. The Morgan fingerprint density at radius 2 is 2.10 bits per heavy atom. The predicted octanol–water partition coefficient (Wildman–Crippen LogP) is 2.10. The third-order valence-corrected chi connectivity index (χ3v) is 5.90. The Kier molecular flexibility index (Phi) is 4.46. The number of sulfonamides is 1. The molecule has 110 valence electrons. The molecular formula is C14H20N2O2S2. The summed E-state index contributed by atoms with van der Waals surface area (Å²) < 4.78 is 27.6. The van der Waals surface area contributed by atoms with Crippen LogP contribution in [0.3, 0.4) is 0 Å². The zero-order valence-electron chi connectivity index (χ0n) is 11.7. The highest BCUT2D eigenvalue weighted by Gasteiger charge is 2.28. The number of nitrogens with one attached hydrogen (secondary N) is 1. The van der Waals surface area contributed by atoms with Gasteiger partial charge in [0.25, 0.3) is 0 Å². The van der Waals surface area contributed by atoms with E-state index in [1.807, 2.05) is 6.92 Å². The van der Waals surface area contributed by atoms with Crippen molar-refractivity contribution < 1.29 is 8.42 Å². The van der Waals surface area contributed by atoms with Crippen LogP contribution in [-0.4, -0.2) is 19.4 Å². The Morgan fingerprint density at radius 1 is 1.45 bits per heavy atom. The van der Waals surface area contributed by atoms with Crippen molar-refractivity contribution in [2.24, 2.45) is 11.7 Å². The van der Waals surface area contributed by atoms with Gasteiger partial charge in [0, 0.05) is 11.6 Å². The number of benzene rings is 1. The molecule has 1 aliphatic carbocycles. The predicted molar refractivity (Wildman–Crippen MR) is 84.2 cm³/mol. The first-order chi connectivity index (χ1) is 9.31. The first kappa shape index (κ1) is 15.4. The minimum atomic E-state index is -3.49. The molecule has 1 fully saturated rings. The average Bonchev–Trinajstić information content (AvgIpc) is 2.24. The third-order valence-electron chi connectivity index (χ3n) is 3.95. The summed E-state index contributed by atoms with van der Waals surface area (Å²) in [5, 5.41) is 0. The van der Waals surface area contributed by atoms with Crippen LogP contribution in [0, 0.1) is 12.8 Å². The molecule has 1 aliphatic rings. The number of aryl methyl sites for hydroxylation is 1. The molecular weight excluding hydrogens is 292 g/mol. The number of hydrogen-bond donors (Lipinski definition) is 2. The van der Waals surface area contributed by atoms with Gasteiger partial charge in [-0.05, 0) is 50.3 Å². The molecule has 1 unspecified atom stereocenters. The summed E-state index contributed by atoms with van der Waals surface area (Å²) in [5.41, 5.74) is 6.89. The molecule has 20 heavy (non-hydrogen) atoms. The first-order valence-corrected chi connectivity index (χ1v) is 8.63. The van der Waals surface area contributed by atoms with Crippen molar-refractivity contribution in [3.63, 3.8) is 0 Å². The maximum Gasteiger partial charge on any atom is 0.241 e. The molecule has 4 nitrogen and oxygen atoms in total. The fourth-order valence-corrected chi connectivity index (χ4v) is 4.11. The largest absolute Gasteiger partial charge is 0.389 e. The van der Waals surface area contributed by atoms with Gasteiger partial charge >= 0.3 is 0 Å². The monoisotopic (exact) mass is 312 g/mol. The van der Waals surface area contributed by atoms with Crippen LogP contribution in [0.1, 0.15) is 37.3 Å². The summed E-state index contributed by atoms with van der Waals surface area (Å²) in [4.78, 5) is 0.566. The van der Waals surface area contributed by atoms with Crippen LogP contribution < -0.4 is 10.5 Å². The van der Waals surface area contributed by atoms with E-state index in [-0.39, 0.29) is 11.0 Å². The highest BCUT2D eigenvalue weighted by molar-refractivity contribution is 7.89. The minimum Gasteiger partial charge on any atom is -0.389 e. The number of thiocarbonyl (C=S) groups is 1. The normalized spacial score (nSPS) is 17.5. The Bertz CT molecular complexity index is 622. The van der Waals surface area contributed by atoms with Crippen molar-refractivity contribution in [1.29, 1.82) is 0 Å². The first-order valence-electron chi connectivity index (χ1n) is 6.74. The van der Waals surface area contributed by atoms with Gasteiger partial charge in [-0.25, -0.2) is 13.1 Å². The third kappa shape index (κ3) is 3.19. The average molecular weight is 312 g/mol. The second-order valence-corrected chi connectivity index (χ2v) is 7.57. The molecule has 1 atom stereocenters. The molecule has 1 aromatic rings. The maximum absolute atomic E-state index is 12.4. The van der Waals surface area contributed by atoms with E-state index in [1.54, 1.807) is 25.1 Å². The summed E-state index contributed by atoms with van der Waals surface area (Å²) in [7, 11) is -3.49. The van der Waals surface area contributed by atoms with Crippen LogP contribution in [-0.2, 0) is 10.0 Å². The van der Waals surface area contributed by atoms with Crippen molar-refractivity contribution in [2.75, 3.05) is 0 Å². The topological polar surface area (TPSA) is 72.2 Å². The van der Waals surface area contributed by atoms with Gasteiger partial charge in [0.15, 0.2) is 0 Å². The van der Waals surface area contributed by atoms with Crippen LogP contribution in [0.4, 0.5) is 0 Å². The zero-order chi connectivity index (χ0) is 14.9. The molecule has 2 rings (SSSR count). The molecule has 0 saturated heterocycles. The lowest BCUT2D eigenvalue weighted by Gasteiger charge is -2.31. The molecule has 0 bridgehead atoms. The van der Waals surface area contributed by atoms with Crippen molar-refractivity contribution >= 4 is 27.2 Å². The van der Waals surface area contributed by atoms with Gasteiger partial charge in [-0.3, -0.25) is 0 Å². The van der Waals surface area contributed by atoms with E-state index in [4.69, 9.17) is 18.0 Å². The molecule has 3 N–H and O–H groups in total. The van der Waals surface area contributed by atoms with Crippen molar-refractivity contribution in [2.45, 2.75) is 44.0 Å². The van der Waals surface area contributed by atoms with E-state index in [9.17, 15) is 8.42 Å². The van der Waals surface area contributed by atoms with E-state index in [0.29, 0.717) is 21.9 Å². The van der Waals surface area contributed by atoms with Gasteiger partial charge in [-0.1, -0.05) is 24.7 Å². The number of hydrogen-bond acceptors (Lipinski definition) is 3. The molecule has 0 spiro atoms. The molecule has 1 aromatic carbocycles. The van der Waals surface area contributed by atoms with Gasteiger partial charge in [0.1, 0.15) is 4.99 Å². The highest BCUT2D eigenvalue weighted by Crippen LogP contribution is 2.30. The molecule has 0 heterocycles. The number of nitrogens with two attached hydrogens (primary N) is 1. The lowest BCUT2D eigenvalue weighted by Crippen LogP contribution is -2.40. The smallest absolute Gasteiger partial charge is 0.241 e. The van der Waals surface area contributed by atoms with Gasteiger partial charge in [-0.2, -0.15) is 0 Å². The van der Waals surface area contributed by atoms with E-state index >= 15 is 0 Å². The molecule has 0 amide bonds. The van der Waals surface area contributed by atoms with E-state index in [2.05, 4.69) is 4.72 Å². The maximum atomic E-state index is 12.4. The van der Waals surface area contributed by atoms with Crippen LogP contribution in [0.25, 0.3) is 0 Å². The summed E-state index contributed by atoms with van der Waals surface area (Å²) in [6, 6.07) is 4.91. The Morgan fingerprint density at radius 3 is 2.55 bits per heavy atom. The minimum absolute atomic E-state index is 0.0246. The Hall–Kier alpha value is -0.980. The molecule has 1 saturated carbocycles. The molecule has 0 aromatic heterocycles. The quantitative estimate of drug-likeness (QED) is 0.817. The van der Waals surface area contributed by atoms with Crippen LogP contribution in [0.5, 0.6) is 0 Å². The van der Waals surface area contributed by atoms with E-state index < -0.39 is 10.0 Å². The van der Waals surface area contributed by atoms with E-state index in [0.717, 1.165) is 12.8 Å². The fraction of sp³-hybridized carbons (Fsp3) is 0.500. The van der Waals surface area contributed by atoms with Gasteiger partial charge < -0.3 is 5.73 Å². The summed E-state index contributed by atoms with van der Waals surface area (Å²) in [6.45, 7) is 3.68. The molecule has 6 heteroatoms. The second kappa shape index (κ2) is 5.79. The van der Waals surface area contributed by atoms with Gasteiger partial charge in [0.05, 0.1) is 4.90 Å². The van der Waals surface area contributed by atoms with Crippen molar-refractivity contribution in [1.82, 2.24) is 4.72 Å². The highest BCUT2D eigenvalue weighted by atomic mass is 32.2. The standard InChI is InChI=1S/C14H20N2O2S2/c1-9-8-12(14(15)19)6-7-13(9)20(17,18)16-10(2)11-4-3-5-11/h6-8,10-11,16H,3-5H2,1-2H3,(H2,15,19). The summed E-state index contributed by atoms with van der Waals surface area (Å²) in [6.07, 6.45) is 3.39. The van der Waals surface area contributed by atoms with Crippen LogP contribution in [0.2, 0.25) is 0 Å². The Balaban J connectivity index is 2.22. The summed E-state index contributed by atoms with van der Waals surface area (Å²) >= 11 is 4.90. The van der Waals surface area contributed by atoms with Gasteiger partial charge in [0.2, 0.25) is 10.0 Å². The van der Waals surface area contributed by atoms with Gasteiger partial charge in [-0.15, -0.1) is 0 Å². The van der Waals surface area contributed by atoms with Crippen LogP contribution >= 0.6 is 12.2 Å². The fourth-order valence-electron chi connectivity index (χ4n) is 2.45. The lowest BCUT2D eigenvalue weighted by molar-refractivity contribution is 0.260. The van der Waals surface area contributed by atoms with E-state index in [1.165, 1.54) is 6.42 Å².